The molecule has 3 rings (SSSR count). The van der Waals surface area contributed by atoms with Crippen molar-refractivity contribution in [3.8, 4) is 0 Å². The molecular weight excluding hydrogens is 328 g/mol. The fourth-order valence-electron chi connectivity index (χ4n) is 3.21. The van der Waals surface area contributed by atoms with E-state index in [-0.39, 0.29) is 18.7 Å². The standard InChI is InChI=1S/C17H19F2N5O/c1-3-13(22-20-2)12-8-17(18,19)11-24(9-12)16(25)14-10-23-7-5-4-6-15(23)21-14/h4-7,10,12H,2-3,8-9,11H2,1H3/b22-13+. The van der Waals surface area contributed by atoms with Crippen molar-refractivity contribution >= 4 is 24.0 Å². The molecule has 0 N–H and O–H groups in total. The molecule has 3 heterocycles. The van der Waals surface area contributed by atoms with Gasteiger partial charge in [-0.3, -0.25) is 4.79 Å². The van der Waals surface area contributed by atoms with E-state index in [0.29, 0.717) is 17.8 Å². The number of aromatic nitrogens is 2. The molecule has 1 unspecified atom stereocenters. The molecule has 0 aromatic carbocycles. The molecule has 2 aromatic heterocycles. The fourth-order valence-corrected chi connectivity index (χ4v) is 3.21. The number of hydrogen-bond acceptors (Lipinski definition) is 4. The number of carbonyl (C=O) groups is 1. The number of amides is 1. The number of nitrogens with zero attached hydrogens (tertiary/aromatic N) is 5. The number of piperidine rings is 1. The molecular formula is C17H19F2N5O. The van der Waals surface area contributed by atoms with Crippen molar-refractivity contribution in [2.24, 2.45) is 16.1 Å². The lowest BCUT2D eigenvalue weighted by Crippen LogP contribution is -2.51. The maximum Gasteiger partial charge on any atom is 0.274 e. The highest BCUT2D eigenvalue weighted by molar-refractivity contribution is 5.94. The molecule has 0 aliphatic carbocycles. The summed E-state index contributed by atoms with van der Waals surface area (Å²) in [6.45, 7) is 4.67. The third-order valence-electron chi connectivity index (χ3n) is 4.31. The Balaban J connectivity index is 1.88. The summed E-state index contributed by atoms with van der Waals surface area (Å²) in [5.74, 6) is -4.02. The SMILES string of the molecule is C=N/N=C(\CC)C1CN(C(=O)c2cn3ccccc3n2)CC(F)(F)C1. The Bertz CT molecular complexity index is 796. The van der Waals surface area contributed by atoms with Crippen LogP contribution < -0.4 is 0 Å². The first-order chi connectivity index (χ1) is 11.9. The van der Waals surface area contributed by atoms with E-state index in [2.05, 4.69) is 21.9 Å². The zero-order valence-corrected chi connectivity index (χ0v) is 13.9. The lowest BCUT2D eigenvalue weighted by Gasteiger charge is -2.37. The zero-order valence-electron chi connectivity index (χ0n) is 13.9. The van der Waals surface area contributed by atoms with Crippen molar-refractivity contribution in [3.05, 3.63) is 36.3 Å². The van der Waals surface area contributed by atoms with E-state index >= 15 is 0 Å². The predicted molar refractivity (Wildman–Crippen MR) is 91.4 cm³/mol. The average Bonchev–Trinajstić information content (AvgIpc) is 3.01. The molecule has 1 aliphatic heterocycles. The molecule has 1 fully saturated rings. The lowest BCUT2D eigenvalue weighted by molar-refractivity contribution is -0.0658. The molecule has 132 valence electrons. The Labute approximate surface area is 143 Å². The maximum atomic E-state index is 14.2. The molecule has 1 saturated heterocycles. The van der Waals surface area contributed by atoms with Crippen LogP contribution in [0, 0.1) is 5.92 Å². The topological polar surface area (TPSA) is 62.3 Å². The predicted octanol–water partition coefficient (Wildman–Crippen LogP) is 2.90. The number of hydrogen-bond donors (Lipinski definition) is 0. The highest BCUT2D eigenvalue weighted by Crippen LogP contribution is 2.32. The Morgan fingerprint density at radius 3 is 2.96 bits per heavy atom. The van der Waals surface area contributed by atoms with E-state index in [1.807, 2.05) is 6.92 Å². The van der Waals surface area contributed by atoms with Gasteiger partial charge in [0.1, 0.15) is 11.3 Å². The van der Waals surface area contributed by atoms with E-state index in [4.69, 9.17) is 0 Å². The van der Waals surface area contributed by atoms with Gasteiger partial charge in [0.15, 0.2) is 0 Å². The minimum Gasteiger partial charge on any atom is -0.331 e. The van der Waals surface area contributed by atoms with Gasteiger partial charge in [-0.25, -0.2) is 13.8 Å². The van der Waals surface area contributed by atoms with Crippen LogP contribution in [0.15, 0.2) is 40.8 Å². The van der Waals surface area contributed by atoms with Crippen LogP contribution in [0.5, 0.6) is 0 Å². The quantitative estimate of drug-likeness (QED) is 0.631. The largest absolute Gasteiger partial charge is 0.331 e. The molecule has 1 amide bonds. The Morgan fingerprint density at radius 2 is 2.28 bits per heavy atom. The molecule has 25 heavy (non-hydrogen) atoms. The van der Waals surface area contributed by atoms with E-state index in [1.165, 1.54) is 0 Å². The van der Waals surface area contributed by atoms with Crippen molar-refractivity contribution in [2.75, 3.05) is 13.1 Å². The summed E-state index contributed by atoms with van der Waals surface area (Å²) in [4.78, 5) is 18.1. The second kappa shape index (κ2) is 6.70. The Morgan fingerprint density at radius 1 is 1.48 bits per heavy atom. The summed E-state index contributed by atoms with van der Waals surface area (Å²) < 4.78 is 30.1. The lowest BCUT2D eigenvalue weighted by atomic mass is 9.89. The molecule has 0 spiro atoms. The number of alkyl halides is 2. The van der Waals surface area contributed by atoms with Crippen molar-refractivity contribution < 1.29 is 13.6 Å². The number of imidazole rings is 1. The van der Waals surface area contributed by atoms with Crippen molar-refractivity contribution in [1.82, 2.24) is 14.3 Å². The molecule has 0 bridgehead atoms. The summed E-state index contributed by atoms with van der Waals surface area (Å²) in [6.07, 6.45) is 3.45. The molecule has 1 aliphatic rings. The summed E-state index contributed by atoms with van der Waals surface area (Å²) in [6, 6.07) is 5.36. The van der Waals surface area contributed by atoms with Gasteiger partial charge in [0.25, 0.3) is 11.8 Å². The van der Waals surface area contributed by atoms with Gasteiger partial charge in [-0.1, -0.05) is 13.0 Å². The van der Waals surface area contributed by atoms with Gasteiger partial charge in [-0.15, -0.1) is 0 Å². The normalized spacial score (nSPS) is 20.7. The molecule has 0 radical (unpaired) electrons. The van der Waals surface area contributed by atoms with Crippen molar-refractivity contribution in [3.63, 3.8) is 0 Å². The zero-order chi connectivity index (χ0) is 18.0. The van der Waals surface area contributed by atoms with Crippen LogP contribution in [0.1, 0.15) is 30.3 Å². The van der Waals surface area contributed by atoms with Crippen LogP contribution in [-0.4, -0.2) is 51.6 Å². The van der Waals surface area contributed by atoms with Gasteiger partial charge in [0.2, 0.25) is 0 Å². The first-order valence-corrected chi connectivity index (χ1v) is 8.07. The van der Waals surface area contributed by atoms with Crippen molar-refractivity contribution in [2.45, 2.75) is 25.7 Å². The Hall–Kier alpha value is -2.64. The summed E-state index contributed by atoms with van der Waals surface area (Å²) in [5.41, 5.74) is 1.28. The van der Waals surface area contributed by atoms with Crippen LogP contribution in [-0.2, 0) is 0 Å². The van der Waals surface area contributed by atoms with Crippen molar-refractivity contribution in [1.29, 1.82) is 0 Å². The fraction of sp³-hybridized carbons (Fsp3) is 0.412. The van der Waals surface area contributed by atoms with Gasteiger partial charge >= 0.3 is 0 Å². The first kappa shape index (κ1) is 17.2. The minimum absolute atomic E-state index is 0.152. The first-order valence-electron chi connectivity index (χ1n) is 8.07. The highest BCUT2D eigenvalue weighted by Gasteiger charge is 2.43. The summed E-state index contributed by atoms with van der Waals surface area (Å²) in [7, 11) is 0. The monoisotopic (exact) mass is 347 g/mol. The van der Waals surface area contributed by atoms with Crippen LogP contribution in [0.3, 0.4) is 0 Å². The van der Waals surface area contributed by atoms with Gasteiger partial charge in [0.05, 0.1) is 6.54 Å². The van der Waals surface area contributed by atoms with Gasteiger partial charge < -0.3 is 9.30 Å². The van der Waals surface area contributed by atoms with E-state index in [0.717, 1.165) is 4.90 Å². The van der Waals surface area contributed by atoms with Crippen LogP contribution >= 0.6 is 0 Å². The number of rotatable bonds is 4. The Kier molecular flexibility index (Phi) is 4.61. The van der Waals surface area contributed by atoms with E-state index in [9.17, 15) is 13.6 Å². The number of pyridine rings is 1. The van der Waals surface area contributed by atoms with E-state index < -0.39 is 24.3 Å². The van der Waals surface area contributed by atoms with Crippen LogP contribution in [0.4, 0.5) is 8.78 Å². The number of carbonyl (C=O) groups excluding carboxylic acids is 1. The summed E-state index contributed by atoms with van der Waals surface area (Å²) in [5, 5.41) is 7.33. The van der Waals surface area contributed by atoms with Gasteiger partial charge in [-0.2, -0.15) is 10.2 Å². The molecule has 0 saturated carbocycles. The second-order valence-electron chi connectivity index (χ2n) is 6.12. The molecule has 2 aromatic rings. The highest BCUT2D eigenvalue weighted by atomic mass is 19.3. The molecule has 6 nitrogen and oxygen atoms in total. The van der Waals surface area contributed by atoms with E-state index in [1.54, 1.807) is 35.0 Å². The smallest absolute Gasteiger partial charge is 0.274 e. The number of halogens is 2. The van der Waals surface area contributed by atoms with Crippen LogP contribution in [0.2, 0.25) is 0 Å². The number of fused-ring (bicyclic) bond motifs is 1. The van der Waals surface area contributed by atoms with Crippen LogP contribution in [0.25, 0.3) is 5.65 Å². The molecule has 1 atom stereocenters. The average molecular weight is 347 g/mol. The minimum atomic E-state index is -2.98. The maximum absolute atomic E-state index is 14.2. The summed E-state index contributed by atoms with van der Waals surface area (Å²) >= 11 is 0. The second-order valence-corrected chi connectivity index (χ2v) is 6.12. The van der Waals surface area contributed by atoms with Gasteiger partial charge in [-0.05, 0) is 18.6 Å². The molecule has 8 heteroatoms. The third-order valence-corrected chi connectivity index (χ3v) is 4.31. The third kappa shape index (κ3) is 3.57. The van der Waals surface area contributed by atoms with Gasteiger partial charge in [0, 0.05) is 43.7 Å². The number of likely N-dealkylation sites (tertiary alicyclic amines) is 1.